The Bertz CT molecular complexity index is 825. The number of allylic oxidation sites excluding steroid dienone is 2. The minimum absolute atomic E-state index is 0.0325. The Hall–Kier alpha value is -2.79. The van der Waals surface area contributed by atoms with Gasteiger partial charge in [-0.15, -0.1) is 0 Å². The summed E-state index contributed by atoms with van der Waals surface area (Å²) < 4.78 is 0. The van der Waals surface area contributed by atoms with E-state index in [4.69, 9.17) is 12.2 Å². The molecule has 0 unspecified atom stereocenters. The first-order valence-corrected chi connectivity index (χ1v) is 7.09. The fourth-order valence-electron chi connectivity index (χ4n) is 2.27. The lowest BCUT2D eigenvalue weighted by Gasteiger charge is -2.15. The number of rotatable bonds is 2. The number of amides is 2. The van der Waals surface area contributed by atoms with Crippen molar-refractivity contribution in [1.29, 1.82) is 0 Å². The van der Waals surface area contributed by atoms with Crippen molar-refractivity contribution in [2.45, 2.75) is 0 Å². The first kappa shape index (κ1) is 14.2. The van der Waals surface area contributed by atoms with Crippen LogP contribution in [0.1, 0.15) is 5.56 Å². The highest BCUT2D eigenvalue weighted by atomic mass is 32.1. The second-order valence-corrected chi connectivity index (χ2v) is 5.15. The largest absolute Gasteiger partial charge is 0.299 e. The molecule has 1 heterocycles. The van der Waals surface area contributed by atoms with Gasteiger partial charge >= 0.3 is 0 Å². The summed E-state index contributed by atoms with van der Waals surface area (Å²) in [5.74, 6) is -0.979. The van der Waals surface area contributed by atoms with E-state index in [-0.39, 0.29) is 10.7 Å². The topological polar surface area (TPSA) is 58.2 Å². The van der Waals surface area contributed by atoms with Gasteiger partial charge < -0.3 is 0 Å². The molecule has 5 heteroatoms. The molecule has 4 nitrogen and oxygen atoms in total. The normalized spacial score (nSPS) is 15.1. The number of benzene rings is 2. The average molecular weight is 308 g/mol. The molecule has 1 fully saturated rings. The van der Waals surface area contributed by atoms with Gasteiger partial charge in [0.1, 0.15) is 5.57 Å². The Morgan fingerprint density at radius 3 is 2.36 bits per heavy atom. The molecule has 2 amide bonds. The maximum absolute atomic E-state index is 11.7. The lowest BCUT2D eigenvalue weighted by molar-refractivity contribution is -0.123. The highest BCUT2D eigenvalue weighted by Crippen LogP contribution is 2.19. The molecule has 1 saturated heterocycles. The summed E-state index contributed by atoms with van der Waals surface area (Å²) in [4.78, 5) is 23.4. The van der Waals surface area contributed by atoms with Crippen LogP contribution in [0.5, 0.6) is 0 Å². The van der Waals surface area contributed by atoms with E-state index in [2.05, 4.69) is 10.6 Å². The molecule has 22 heavy (non-hydrogen) atoms. The molecule has 1 aliphatic heterocycles. The van der Waals surface area contributed by atoms with E-state index < -0.39 is 11.8 Å². The highest BCUT2D eigenvalue weighted by Gasteiger charge is 2.24. The van der Waals surface area contributed by atoms with E-state index in [0.29, 0.717) is 0 Å². The zero-order valence-corrected chi connectivity index (χ0v) is 12.3. The number of hydrogen-bond donors (Lipinski definition) is 2. The van der Waals surface area contributed by atoms with Gasteiger partial charge in [-0.05, 0) is 34.6 Å². The van der Waals surface area contributed by atoms with Gasteiger partial charge in [0.25, 0.3) is 11.8 Å². The third kappa shape index (κ3) is 2.80. The van der Waals surface area contributed by atoms with Crippen LogP contribution in [-0.2, 0) is 9.59 Å². The van der Waals surface area contributed by atoms with Gasteiger partial charge in [0.2, 0.25) is 0 Å². The van der Waals surface area contributed by atoms with Crippen molar-refractivity contribution in [2.24, 2.45) is 0 Å². The van der Waals surface area contributed by atoms with Crippen LogP contribution in [0.4, 0.5) is 0 Å². The van der Waals surface area contributed by atoms with Crippen molar-refractivity contribution in [3.05, 3.63) is 65.8 Å². The third-order valence-electron chi connectivity index (χ3n) is 3.31. The molecule has 0 saturated carbocycles. The minimum atomic E-state index is -0.490. The lowest BCUT2D eigenvalue weighted by Crippen LogP contribution is -2.51. The van der Waals surface area contributed by atoms with E-state index in [1.807, 2.05) is 48.5 Å². The van der Waals surface area contributed by atoms with Crippen molar-refractivity contribution in [1.82, 2.24) is 10.6 Å². The van der Waals surface area contributed by atoms with Gasteiger partial charge in [-0.3, -0.25) is 20.2 Å². The Labute approximate surface area is 132 Å². The molecular formula is C17H12N2O2S. The van der Waals surface area contributed by atoms with Crippen molar-refractivity contribution in [2.75, 3.05) is 0 Å². The monoisotopic (exact) mass is 308 g/mol. The summed E-state index contributed by atoms with van der Waals surface area (Å²) in [6.45, 7) is 0. The molecule has 0 spiro atoms. The van der Waals surface area contributed by atoms with E-state index >= 15 is 0 Å². The van der Waals surface area contributed by atoms with Crippen LogP contribution < -0.4 is 10.6 Å². The molecule has 3 rings (SSSR count). The van der Waals surface area contributed by atoms with Crippen LogP contribution in [0, 0.1) is 0 Å². The maximum Gasteiger partial charge on any atom is 0.263 e. The minimum Gasteiger partial charge on any atom is -0.299 e. The number of carbonyl (C=O) groups is 2. The first-order chi connectivity index (χ1) is 10.6. The van der Waals surface area contributed by atoms with Gasteiger partial charge in [0, 0.05) is 0 Å². The summed E-state index contributed by atoms with van der Waals surface area (Å²) in [5, 5.41) is 7.07. The van der Waals surface area contributed by atoms with E-state index in [9.17, 15) is 9.59 Å². The molecule has 1 aliphatic rings. The Kier molecular flexibility index (Phi) is 3.80. The Balaban J connectivity index is 1.90. The molecule has 108 valence electrons. The Morgan fingerprint density at radius 2 is 1.59 bits per heavy atom. The zero-order chi connectivity index (χ0) is 15.5. The fourth-order valence-corrected chi connectivity index (χ4v) is 2.46. The first-order valence-electron chi connectivity index (χ1n) is 6.68. The lowest BCUT2D eigenvalue weighted by atomic mass is 10.0. The van der Waals surface area contributed by atoms with Crippen LogP contribution in [-0.4, -0.2) is 16.9 Å². The van der Waals surface area contributed by atoms with E-state index in [1.54, 1.807) is 6.08 Å². The molecule has 2 aromatic rings. The molecule has 2 N–H and O–H groups in total. The highest BCUT2D eigenvalue weighted by molar-refractivity contribution is 7.80. The van der Waals surface area contributed by atoms with Crippen LogP contribution in [0.3, 0.4) is 0 Å². The second kappa shape index (κ2) is 5.91. The molecule has 0 aromatic heterocycles. The number of fused-ring (bicyclic) bond motifs is 1. The van der Waals surface area contributed by atoms with Crippen molar-refractivity contribution >= 4 is 46.0 Å². The summed E-state index contributed by atoms with van der Waals surface area (Å²) >= 11 is 4.75. The fraction of sp³-hybridized carbons (Fsp3) is 0. The Morgan fingerprint density at radius 1 is 0.909 bits per heavy atom. The standard InChI is InChI=1S/C17H12N2O2S/c20-15-14(16(21)19-17(22)18-15)10-4-8-12-7-3-6-11-5-1-2-9-13(11)12/h1-10H,(H2,18,19,20,21,22)/b8-4+. The summed E-state index contributed by atoms with van der Waals surface area (Å²) in [6, 6.07) is 14.0. The van der Waals surface area contributed by atoms with Crippen LogP contribution in [0.15, 0.2) is 60.2 Å². The van der Waals surface area contributed by atoms with Crippen molar-refractivity contribution < 1.29 is 9.59 Å². The molecule has 0 radical (unpaired) electrons. The van der Waals surface area contributed by atoms with Crippen LogP contribution in [0.2, 0.25) is 0 Å². The van der Waals surface area contributed by atoms with Gasteiger partial charge in [-0.25, -0.2) is 0 Å². The van der Waals surface area contributed by atoms with Gasteiger partial charge in [-0.1, -0.05) is 54.6 Å². The van der Waals surface area contributed by atoms with E-state index in [0.717, 1.165) is 16.3 Å². The third-order valence-corrected chi connectivity index (χ3v) is 3.51. The van der Waals surface area contributed by atoms with Crippen LogP contribution >= 0.6 is 12.2 Å². The van der Waals surface area contributed by atoms with Crippen molar-refractivity contribution in [3.63, 3.8) is 0 Å². The maximum atomic E-state index is 11.7. The SMILES string of the molecule is O=C1NC(=S)NC(=O)C1=C/C=C/c1cccc2ccccc12. The number of thiocarbonyl (C=S) groups is 1. The summed E-state index contributed by atoms with van der Waals surface area (Å²) in [5.41, 5.74) is 1.05. The van der Waals surface area contributed by atoms with Crippen molar-refractivity contribution in [3.8, 4) is 0 Å². The molecular weight excluding hydrogens is 296 g/mol. The van der Waals surface area contributed by atoms with Crippen LogP contribution in [0.25, 0.3) is 16.8 Å². The number of hydrogen-bond acceptors (Lipinski definition) is 3. The molecule has 0 bridgehead atoms. The molecule has 0 aliphatic carbocycles. The quantitative estimate of drug-likeness (QED) is 0.508. The van der Waals surface area contributed by atoms with Gasteiger partial charge in [-0.2, -0.15) is 0 Å². The predicted molar refractivity (Wildman–Crippen MR) is 89.9 cm³/mol. The predicted octanol–water partition coefficient (Wildman–Crippen LogP) is 2.31. The number of carbonyl (C=O) groups excluding carboxylic acids is 2. The van der Waals surface area contributed by atoms with E-state index in [1.165, 1.54) is 6.08 Å². The smallest absolute Gasteiger partial charge is 0.263 e. The summed E-state index contributed by atoms with van der Waals surface area (Å²) in [7, 11) is 0. The molecule has 2 aromatic carbocycles. The second-order valence-electron chi connectivity index (χ2n) is 4.75. The molecule has 0 atom stereocenters. The number of nitrogens with one attached hydrogen (secondary N) is 2. The van der Waals surface area contributed by atoms with Gasteiger partial charge in [0.05, 0.1) is 0 Å². The average Bonchev–Trinajstić information content (AvgIpc) is 2.50. The summed E-state index contributed by atoms with van der Waals surface area (Å²) in [6.07, 6.45) is 5.03. The van der Waals surface area contributed by atoms with Gasteiger partial charge in [0.15, 0.2) is 5.11 Å². The zero-order valence-electron chi connectivity index (χ0n) is 11.5.